The first-order valence-electron chi connectivity index (χ1n) is 20.6. The molecular weight excluding hydrogens is 713 g/mol. The third kappa shape index (κ3) is 6.48. The summed E-state index contributed by atoms with van der Waals surface area (Å²) in [6.45, 7) is 9.17. The zero-order valence-corrected chi connectivity index (χ0v) is 34.0. The second kappa shape index (κ2) is 14.7. The maximum atomic E-state index is 2.45. The second-order valence-electron chi connectivity index (χ2n) is 16.4. The van der Waals surface area contributed by atoms with Crippen molar-refractivity contribution < 1.29 is 0 Å². The Morgan fingerprint density at radius 1 is 0.322 bits per heavy atom. The number of para-hydroxylation sites is 2. The number of nitrogens with zero attached hydrogens (tertiary/aromatic N) is 2. The molecule has 0 heterocycles. The third-order valence-corrected chi connectivity index (χ3v) is 12.3. The largest absolute Gasteiger partial charge is 0.310 e. The fourth-order valence-electron chi connectivity index (χ4n) is 9.08. The Morgan fingerprint density at radius 2 is 0.746 bits per heavy atom. The summed E-state index contributed by atoms with van der Waals surface area (Å²) in [5, 5.41) is 2.48. The Bertz CT molecular complexity index is 2960. The molecule has 0 bridgehead atoms. The van der Waals surface area contributed by atoms with Crippen LogP contribution in [-0.4, -0.2) is 0 Å². The minimum atomic E-state index is -0.206. The van der Waals surface area contributed by atoms with E-state index >= 15 is 0 Å². The fourth-order valence-corrected chi connectivity index (χ4v) is 9.08. The van der Waals surface area contributed by atoms with Crippen LogP contribution in [0.1, 0.15) is 36.1 Å². The number of fused-ring (bicyclic) bond motifs is 4. The summed E-state index contributed by atoms with van der Waals surface area (Å²) in [5.41, 5.74) is 19.4. The third-order valence-electron chi connectivity index (χ3n) is 12.3. The van der Waals surface area contributed by atoms with E-state index in [-0.39, 0.29) is 5.41 Å². The highest BCUT2D eigenvalue weighted by molar-refractivity contribution is 5.97. The van der Waals surface area contributed by atoms with Crippen molar-refractivity contribution in [3.05, 3.63) is 229 Å². The molecule has 0 N–H and O–H groups in total. The minimum absolute atomic E-state index is 0.206. The van der Waals surface area contributed by atoms with E-state index in [9.17, 15) is 0 Å². The lowest BCUT2D eigenvalue weighted by molar-refractivity contribution is 0.661. The zero-order valence-electron chi connectivity index (χ0n) is 34.0. The molecule has 1 aliphatic rings. The van der Waals surface area contributed by atoms with E-state index in [1.54, 1.807) is 0 Å². The van der Waals surface area contributed by atoms with Crippen LogP contribution in [0.25, 0.3) is 44.2 Å². The number of benzene rings is 9. The average Bonchev–Trinajstić information content (AvgIpc) is 3.49. The Kier molecular flexibility index (Phi) is 8.99. The van der Waals surface area contributed by atoms with Gasteiger partial charge in [-0.1, -0.05) is 147 Å². The SMILES string of the molecule is Cc1ccccc1N(c1ccc(-c2ccccc2)cc1)c1ccc2c(c1)C(C)(C)c1cc3cc(N(c4ccc(-c5ccccc5)cc4)c4ccccc4C)ccc3cc1-2. The van der Waals surface area contributed by atoms with Crippen molar-refractivity contribution in [2.75, 3.05) is 9.80 Å². The normalized spacial score (nSPS) is 12.5. The predicted molar refractivity (Wildman–Crippen MR) is 251 cm³/mol. The van der Waals surface area contributed by atoms with E-state index in [0.717, 1.165) is 22.7 Å². The van der Waals surface area contributed by atoms with Gasteiger partial charge >= 0.3 is 0 Å². The number of hydrogen-bond acceptors (Lipinski definition) is 2. The monoisotopic (exact) mass is 758 g/mol. The molecule has 9 aromatic carbocycles. The Labute approximate surface area is 348 Å². The van der Waals surface area contributed by atoms with Crippen LogP contribution in [0.5, 0.6) is 0 Å². The molecule has 0 saturated carbocycles. The molecule has 1 aliphatic carbocycles. The maximum absolute atomic E-state index is 2.45. The summed E-state index contributed by atoms with van der Waals surface area (Å²) in [6.07, 6.45) is 0. The molecule has 0 aromatic heterocycles. The van der Waals surface area contributed by atoms with Crippen molar-refractivity contribution in [1.29, 1.82) is 0 Å². The molecule has 9 aromatic rings. The highest BCUT2D eigenvalue weighted by Crippen LogP contribution is 2.52. The van der Waals surface area contributed by atoms with Gasteiger partial charge in [0.05, 0.1) is 0 Å². The molecule has 0 amide bonds. The molecule has 0 fully saturated rings. The van der Waals surface area contributed by atoms with Crippen molar-refractivity contribution in [1.82, 2.24) is 0 Å². The summed E-state index contributed by atoms with van der Waals surface area (Å²) in [4.78, 5) is 4.81. The lowest BCUT2D eigenvalue weighted by Gasteiger charge is -2.29. The number of aryl methyl sites for hydroxylation is 2. The fraction of sp³-hybridized carbons (Fsp3) is 0.0877. The first-order valence-corrected chi connectivity index (χ1v) is 20.6. The molecule has 0 unspecified atom stereocenters. The smallest absolute Gasteiger partial charge is 0.0490 e. The summed E-state index contributed by atoms with van der Waals surface area (Å²) in [6, 6.07) is 75.4. The topological polar surface area (TPSA) is 6.48 Å². The van der Waals surface area contributed by atoms with E-state index in [2.05, 4.69) is 244 Å². The van der Waals surface area contributed by atoms with Crippen molar-refractivity contribution in [3.8, 4) is 33.4 Å². The molecular formula is C57H46N2. The van der Waals surface area contributed by atoms with Crippen LogP contribution >= 0.6 is 0 Å². The molecule has 284 valence electrons. The van der Waals surface area contributed by atoms with E-state index in [1.165, 1.54) is 77.8 Å². The number of hydrogen-bond donors (Lipinski definition) is 0. The van der Waals surface area contributed by atoms with Crippen LogP contribution in [0.4, 0.5) is 34.1 Å². The molecule has 0 saturated heterocycles. The summed E-state index contributed by atoms with van der Waals surface area (Å²) < 4.78 is 0. The van der Waals surface area contributed by atoms with Gasteiger partial charge in [-0.15, -0.1) is 0 Å². The van der Waals surface area contributed by atoms with Crippen LogP contribution in [0.2, 0.25) is 0 Å². The minimum Gasteiger partial charge on any atom is -0.310 e. The maximum Gasteiger partial charge on any atom is 0.0490 e. The molecule has 2 nitrogen and oxygen atoms in total. The van der Waals surface area contributed by atoms with Gasteiger partial charge in [-0.05, 0) is 153 Å². The highest BCUT2D eigenvalue weighted by Gasteiger charge is 2.36. The zero-order chi connectivity index (χ0) is 40.1. The summed E-state index contributed by atoms with van der Waals surface area (Å²) in [5.74, 6) is 0. The van der Waals surface area contributed by atoms with Gasteiger partial charge in [0.25, 0.3) is 0 Å². The van der Waals surface area contributed by atoms with Gasteiger partial charge in [0.2, 0.25) is 0 Å². The van der Waals surface area contributed by atoms with Gasteiger partial charge < -0.3 is 9.80 Å². The summed E-state index contributed by atoms with van der Waals surface area (Å²) in [7, 11) is 0. The van der Waals surface area contributed by atoms with Crippen molar-refractivity contribution in [2.45, 2.75) is 33.1 Å². The van der Waals surface area contributed by atoms with E-state index in [4.69, 9.17) is 0 Å². The second-order valence-corrected chi connectivity index (χ2v) is 16.4. The molecule has 0 radical (unpaired) electrons. The van der Waals surface area contributed by atoms with Gasteiger partial charge in [-0.2, -0.15) is 0 Å². The van der Waals surface area contributed by atoms with Crippen LogP contribution in [0, 0.1) is 13.8 Å². The Balaban J connectivity index is 1.04. The molecule has 0 aliphatic heterocycles. The average molecular weight is 759 g/mol. The lowest BCUT2D eigenvalue weighted by Crippen LogP contribution is -2.17. The van der Waals surface area contributed by atoms with Crippen LogP contribution in [0.3, 0.4) is 0 Å². The van der Waals surface area contributed by atoms with E-state index < -0.39 is 0 Å². The number of rotatable bonds is 8. The molecule has 0 atom stereocenters. The van der Waals surface area contributed by atoms with Crippen LogP contribution in [0.15, 0.2) is 206 Å². The van der Waals surface area contributed by atoms with Crippen LogP contribution in [-0.2, 0) is 5.41 Å². The predicted octanol–water partition coefficient (Wildman–Crippen LogP) is 16.0. The van der Waals surface area contributed by atoms with Gasteiger partial charge in [-0.25, -0.2) is 0 Å². The van der Waals surface area contributed by atoms with Crippen molar-refractivity contribution >= 4 is 44.9 Å². The van der Waals surface area contributed by atoms with Gasteiger partial charge in [0.15, 0.2) is 0 Å². The van der Waals surface area contributed by atoms with Crippen molar-refractivity contribution in [2.24, 2.45) is 0 Å². The van der Waals surface area contributed by atoms with Gasteiger partial charge in [0, 0.05) is 39.5 Å². The summed E-state index contributed by atoms with van der Waals surface area (Å²) >= 11 is 0. The van der Waals surface area contributed by atoms with E-state index in [0.29, 0.717) is 0 Å². The Morgan fingerprint density at radius 3 is 1.27 bits per heavy atom. The quantitative estimate of drug-likeness (QED) is 0.152. The first-order chi connectivity index (χ1) is 28.8. The molecule has 0 spiro atoms. The molecule has 59 heavy (non-hydrogen) atoms. The first kappa shape index (κ1) is 36.2. The molecule has 10 rings (SSSR count). The van der Waals surface area contributed by atoms with Gasteiger partial charge in [0.1, 0.15) is 0 Å². The van der Waals surface area contributed by atoms with Crippen molar-refractivity contribution in [3.63, 3.8) is 0 Å². The lowest BCUT2D eigenvalue weighted by atomic mass is 9.81. The number of anilines is 6. The van der Waals surface area contributed by atoms with Gasteiger partial charge in [-0.3, -0.25) is 0 Å². The Hall–Kier alpha value is -7.16. The standard InChI is InChI=1S/C57H46N2/c1-39-15-11-13-21-55(39)58(47-28-23-43(24-29-47)41-17-7-5-8-18-41)49-32-27-45-36-52-51-34-33-50(38-54(51)57(3,4)53(52)37-46(45)35-49)59(56-22-14-12-16-40(56)2)48-30-25-44(26-31-48)42-19-9-6-10-20-42/h5-38H,1-4H3. The van der Waals surface area contributed by atoms with Crippen LogP contribution < -0.4 is 9.80 Å². The van der Waals surface area contributed by atoms with E-state index in [1.807, 2.05) is 0 Å². The highest BCUT2D eigenvalue weighted by atomic mass is 15.1. The molecule has 2 heteroatoms.